The predicted molar refractivity (Wildman–Crippen MR) is 96.6 cm³/mol. The van der Waals surface area contributed by atoms with E-state index in [-0.39, 0.29) is 11.9 Å². The third-order valence-electron chi connectivity index (χ3n) is 5.07. The van der Waals surface area contributed by atoms with Gasteiger partial charge in [0.15, 0.2) is 0 Å². The monoisotopic (exact) mass is 368 g/mol. The van der Waals surface area contributed by atoms with Crippen molar-refractivity contribution < 1.29 is 19.4 Å². The quantitative estimate of drug-likeness (QED) is 0.787. The molecule has 0 bridgehead atoms. The molecule has 140 valence electrons. The van der Waals surface area contributed by atoms with Crippen LogP contribution in [0.3, 0.4) is 0 Å². The van der Waals surface area contributed by atoms with Gasteiger partial charge in [-0.1, -0.05) is 6.07 Å². The number of amides is 1. The average Bonchev–Trinajstić information content (AvgIpc) is 3.28. The van der Waals surface area contributed by atoms with E-state index in [1.807, 2.05) is 16.3 Å². The molecule has 25 heavy (non-hydrogen) atoms. The van der Waals surface area contributed by atoms with Crippen LogP contribution in [0.25, 0.3) is 0 Å². The third-order valence-corrected chi connectivity index (χ3v) is 5.93. The van der Waals surface area contributed by atoms with E-state index in [0.717, 1.165) is 26.1 Å². The lowest BCUT2D eigenvalue weighted by Gasteiger charge is -2.36. The van der Waals surface area contributed by atoms with Gasteiger partial charge in [0.25, 0.3) is 0 Å². The molecule has 1 aromatic rings. The summed E-state index contributed by atoms with van der Waals surface area (Å²) in [7, 11) is 1.65. The van der Waals surface area contributed by atoms with Crippen LogP contribution in [0.2, 0.25) is 0 Å². The number of aliphatic hydroxyl groups is 1. The molecule has 3 rings (SSSR count). The van der Waals surface area contributed by atoms with Crippen LogP contribution in [0.5, 0.6) is 0 Å². The molecule has 1 N–H and O–H groups in total. The van der Waals surface area contributed by atoms with Crippen molar-refractivity contribution in [1.82, 2.24) is 9.80 Å². The summed E-state index contributed by atoms with van der Waals surface area (Å²) >= 11 is 1.66. The zero-order chi connectivity index (χ0) is 17.6. The predicted octanol–water partition coefficient (Wildman–Crippen LogP) is 1.34. The van der Waals surface area contributed by atoms with E-state index in [0.29, 0.717) is 38.7 Å². The van der Waals surface area contributed by atoms with Crippen LogP contribution in [-0.2, 0) is 20.8 Å². The number of hydrogen-bond acceptors (Lipinski definition) is 6. The first-order chi connectivity index (χ1) is 12.2. The molecule has 2 fully saturated rings. The van der Waals surface area contributed by atoms with Crippen LogP contribution in [-0.4, -0.2) is 79.0 Å². The summed E-state index contributed by atoms with van der Waals surface area (Å²) in [5.74, 6) is 0.105. The van der Waals surface area contributed by atoms with Crippen molar-refractivity contribution in [2.75, 3.05) is 40.0 Å². The molecule has 0 spiro atoms. The normalized spacial score (nSPS) is 25.4. The first kappa shape index (κ1) is 18.8. The molecule has 7 heteroatoms. The van der Waals surface area contributed by atoms with Crippen molar-refractivity contribution >= 4 is 17.2 Å². The van der Waals surface area contributed by atoms with Crippen LogP contribution < -0.4 is 0 Å². The van der Waals surface area contributed by atoms with Gasteiger partial charge in [0, 0.05) is 44.3 Å². The van der Waals surface area contributed by atoms with Crippen molar-refractivity contribution in [2.45, 2.75) is 44.0 Å². The van der Waals surface area contributed by atoms with Gasteiger partial charge in [-0.15, -0.1) is 11.3 Å². The minimum Gasteiger partial charge on any atom is -0.392 e. The van der Waals surface area contributed by atoms with E-state index in [1.165, 1.54) is 4.88 Å². The Labute approximate surface area is 153 Å². The zero-order valence-corrected chi connectivity index (χ0v) is 15.6. The summed E-state index contributed by atoms with van der Waals surface area (Å²) in [6.45, 7) is 3.75. The van der Waals surface area contributed by atoms with Crippen LogP contribution in [0.1, 0.15) is 24.1 Å². The molecule has 6 nitrogen and oxygen atoms in total. The maximum Gasteiger partial charge on any atom is 0.240 e. The van der Waals surface area contributed by atoms with Gasteiger partial charge in [0.1, 0.15) is 0 Å². The Morgan fingerprint density at radius 1 is 1.48 bits per heavy atom. The first-order valence-corrected chi connectivity index (χ1v) is 9.88. The third kappa shape index (κ3) is 4.80. The number of carbonyl (C=O) groups is 1. The van der Waals surface area contributed by atoms with Crippen molar-refractivity contribution in [2.24, 2.45) is 0 Å². The SMILES string of the molecule is COCCN(Cc1cccs1)C(=O)[C@@H]1C[C@@H](O)CN1C1CCOCC1. The number of carbonyl (C=O) groups excluding carboxylic acids is 1. The number of ether oxygens (including phenoxy) is 2. The molecule has 0 radical (unpaired) electrons. The van der Waals surface area contributed by atoms with E-state index in [4.69, 9.17) is 9.47 Å². The number of nitrogens with zero attached hydrogens (tertiary/aromatic N) is 2. The highest BCUT2D eigenvalue weighted by atomic mass is 32.1. The van der Waals surface area contributed by atoms with Crippen LogP contribution in [0.15, 0.2) is 17.5 Å². The molecular weight excluding hydrogens is 340 g/mol. The van der Waals surface area contributed by atoms with E-state index in [9.17, 15) is 9.90 Å². The number of hydrogen-bond donors (Lipinski definition) is 1. The first-order valence-electron chi connectivity index (χ1n) is 9.00. The fourth-order valence-electron chi connectivity index (χ4n) is 3.77. The van der Waals surface area contributed by atoms with Gasteiger partial charge in [-0.25, -0.2) is 0 Å². The summed E-state index contributed by atoms with van der Waals surface area (Å²) in [6, 6.07) is 4.14. The molecule has 2 atom stereocenters. The highest BCUT2D eigenvalue weighted by molar-refractivity contribution is 7.09. The highest BCUT2D eigenvalue weighted by Crippen LogP contribution is 2.27. The van der Waals surface area contributed by atoms with Gasteiger partial charge < -0.3 is 19.5 Å². The van der Waals surface area contributed by atoms with Crippen LogP contribution >= 0.6 is 11.3 Å². The Hall–Kier alpha value is -0.990. The molecule has 0 aromatic carbocycles. The molecule has 0 unspecified atom stereocenters. The number of rotatable bonds is 7. The van der Waals surface area contributed by atoms with E-state index >= 15 is 0 Å². The largest absolute Gasteiger partial charge is 0.392 e. The Morgan fingerprint density at radius 3 is 2.96 bits per heavy atom. The number of β-amino-alcohol motifs (C(OH)–C–C–N with tert-alkyl or cyclic N) is 1. The fraction of sp³-hybridized carbons (Fsp3) is 0.722. The number of thiophene rings is 1. The highest BCUT2D eigenvalue weighted by Gasteiger charge is 2.41. The minimum absolute atomic E-state index is 0.105. The lowest BCUT2D eigenvalue weighted by atomic mass is 10.1. The van der Waals surface area contributed by atoms with Crippen LogP contribution in [0, 0.1) is 0 Å². The summed E-state index contributed by atoms with van der Waals surface area (Å²) < 4.78 is 10.7. The van der Waals surface area contributed by atoms with Gasteiger partial charge in [-0.3, -0.25) is 9.69 Å². The molecule has 2 aliphatic heterocycles. The number of methoxy groups -OCH3 is 1. The molecule has 3 heterocycles. The second-order valence-electron chi connectivity index (χ2n) is 6.78. The maximum atomic E-state index is 13.3. The van der Waals surface area contributed by atoms with Gasteiger partial charge in [-0.2, -0.15) is 0 Å². The Balaban J connectivity index is 1.71. The second kappa shape index (κ2) is 9.09. The van der Waals surface area contributed by atoms with Gasteiger partial charge in [0.05, 0.1) is 25.3 Å². The molecule has 2 saturated heterocycles. The molecule has 1 amide bonds. The molecular formula is C18H28N2O4S. The lowest BCUT2D eigenvalue weighted by molar-refractivity contribution is -0.138. The van der Waals surface area contributed by atoms with E-state index in [1.54, 1.807) is 18.4 Å². The molecule has 0 saturated carbocycles. The Bertz CT molecular complexity index is 533. The van der Waals surface area contributed by atoms with Crippen molar-refractivity contribution in [1.29, 1.82) is 0 Å². The average molecular weight is 368 g/mol. The number of aliphatic hydroxyl groups excluding tert-OH is 1. The standard InChI is InChI=1S/C18H28N2O4S/c1-23-9-6-19(13-16-3-2-10-25-16)18(22)17-11-15(21)12-20(17)14-4-7-24-8-5-14/h2-3,10,14-15,17,21H,4-9,11-13H2,1H3/t15-,17+/m1/s1. The topological polar surface area (TPSA) is 62.2 Å². The zero-order valence-electron chi connectivity index (χ0n) is 14.8. The number of likely N-dealkylation sites (tertiary alicyclic amines) is 1. The Morgan fingerprint density at radius 2 is 2.28 bits per heavy atom. The summed E-state index contributed by atoms with van der Waals surface area (Å²) in [6.07, 6.45) is 1.95. The van der Waals surface area contributed by atoms with Crippen molar-refractivity contribution in [3.05, 3.63) is 22.4 Å². The summed E-state index contributed by atoms with van der Waals surface area (Å²) in [4.78, 5) is 18.5. The molecule has 2 aliphatic rings. The minimum atomic E-state index is -0.428. The molecule has 1 aromatic heterocycles. The molecule has 0 aliphatic carbocycles. The summed E-state index contributed by atoms with van der Waals surface area (Å²) in [5.41, 5.74) is 0. The smallest absolute Gasteiger partial charge is 0.240 e. The van der Waals surface area contributed by atoms with Gasteiger partial charge in [0.2, 0.25) is 5.91 Å². The van der Waals surface area contributed by atoms with Gasteiger partial charge >= 0.3 is 0 Å². The van der Waals surface area contributed by atoms with E-state index in [2.05, 4.69) is 11.0 Å². The lowest BCUT2D eigenvalue weighted by Crippen LogP contribution is -2.50. The van der Waals surface area contributed by atoms with Crippen LogP contribution in [0.4, 0.5) is 0 Å². The van der Waals surface area contributed by atoms with Gasteiger partial charge in [-0.05, 0) is 30.7 Å². The second-order valence-corrected chi connectivity index (χ2v) is 7.81. The maximum absolute atomic E-state index is 13.3. The van der Waals surface area contributed by atoms with Crippen molar-refractivity contribution in [3.8, 4) is 0 Å². The van der Waals surface area contributed by atoms with E-state index < -0.39 is 6.10 Å². The van der Waals surface area contributed by atoms with Crippen molar-refractivity contribution in [3.63, 3.8) is 0 Å². The fourth-order valence-corrected chi connectivity index (χ4v) is 4.49. The summed E-state index contributed by atoms with van der Waals surface area (Å²) in [5, 5.41) is 12.2. The Kier molecular flexibility index (Phi) is 6.84.